The Hall–Kier alpha value is -1.84. The summed E-state index contributed by atoms with van der Waals surface area (Å²) in [6.45, 7) is 0.667. The number of aliphatic carboxylic acids is 1. The molecule has 4 nitrogen and oxygen atoms in total. The molecule has 2 fully saturated rings. The molecule has 1 N–H and O–H groups in total. The van der Waals surface area contributed by atoms with Crippen molar-refractivity contribution in [1.29, 1.82) is 0 Å². The lowest BCUT2D eigenvalue weighted by atomic mass is 9.81. The molecule has 2 saturated carbocycles. The second-order valence-electron chi connectivity index (χ2n) is 6.78. The van der Waals surface area contributed by atoms with Crippen molar-refractivity contribution in [2.24, 2.45) is 5.41 Å². The molecule has 1 aliphatic heterocycles. The summed E-state index contributed by atoms with van der Waals surface area (Å²) in [6, 6.07) is 8.05. The zero-order chi connectivity index (χ0) is 14.7. The molecule has 0 unspecified atom stereocenters. The van der Waals surface area contributed by atoms with Crippen LogP contribution in [-0.2, 0) is 15.0 Å². The smallest absolute Gasteiger partial charge is 0.319 e. The molecule has 1 heterocycles. The number of carbonyl (C=O) groups is 2. The van der Waals surface area contributed by atoms with Crippen LogP contribution in [0.15, 0.2) is 24.3 Å². The number of carbonyl (C=O) groups excluding carboxylic acids is 1. The maximum atomic E-state index is 12.8. The summed E-state index contributed by atoms with van der Waals surface area (Å²) in [7, 11) is 0. The Labute approximate surface area is 123 Å². The fourth-order valence-corrected chi connectivity index (χ4v) is 4.19. The van der Waals surface area contributed by atoms with Crippen LogP contribution in [0.1, 0.15) is 44.1 Å². The highest BCUT2D eigenvalue weighted by Gasteiger charge is 2.60. The minimum Gasteiger partial charge on any atom is -0.480 e. The minimum absolute atomic E-state index is 0.0703. The number of hydrogen-bond donors (Lipinski definition) is 1. The standard InChI is InChI=1S/C17H19NO3/c19-14(17(9-10-17)15(20)21)18-11-16(7-3-4-8-16)12-5-1-2-6-13(12)18/h1-2,5-6H,3-4,7-11H2,(H,20,21). The summed E-state index contributed by atoms with van der Waals surface area (Å²) in [5, 5.41) is 9.39. The zero-order valence-corrected chi connectivity index (χ0v) is 12.0. The van der Waals surface area contributed by atoms with Gasteiger partial charge in [0.05, 0.1) is 0 Å². The number of fused-ring (bicyclic) bond motifs is 2. The lowest BCUT2D eigenvalue weighted by Crippen LogP contribution is -2.42. The fourth-order valence-electron chi connectivity index (χ4n) is 4.19. The minimum atomic E-state index is -1.14. The van der Waals surface area contributed by atoms with Crippen molar-refractivity contribution in [2.45, 2.75) is 43.9 Å². The Bertz CT molecular complexity index is 627. The Kier molecular flexibility index (Phi) is 2.51. The van der Waals surface area contributed by atoms with E-state index in [0.717, 1.165) is 18.5 Å². The molecule has 2 aliphatic carbocycles. The molecule has 3 aliphatic rings. The van der Waals surface area contributed by atoms with Crippen LogP contribution in [0.5, 0.6) is 0 Å². The van der Waals surface area contributed by atoms with Crippen LogP contribution in [0, 0.1) is 5.41 Å². The lowest BCUT2D eigenvalue weighted by Gasteiger charge is -2.26. The number of anilines is 1. The fraction of sp³-hybridized carbons (Fsp3) is 0.529. The average Bonchev–Trinajstić information content (AvgIpc) is 3.08. The van der Waals surface area contributed by atoms with Gasteiger partial charge in [0.1, 0.15) is 5.41 Å². The van der Waals surface area contributed by atoms with Crippen LogP contribution in [0.25, 0.3) is 0 Å². The van der Waals surface area contributed by atoms with Gasteiger partial charge in [-0.25, -0.2) is 0 Å². The van der Waals surface area contributed by atoms with Gasteiger partial charge in [-0.15, -0.1) is 0 Å². The highest BCUT2D eigenvalue weighted by Crippen LogP contribution is 2.54. The van der Waals surface area contributed by atoms with Gasteiger partial charge in [0, 0.05) is 17.6 Å². The number of rotatable bonds is 2. The van der Waals surface area contributed by atoms with Crippen molar-refractivity contribution in [3.05, 3.63) is 29.8 Å². The van der Waals surface area contributed by atoms with Gasteiger partial charge in [-0.05, 0) is 37.3 Å². The molecule has 0 atom stereocenters. The van der Waals surface area contributed by atoms with Crippen LogP contribution in [-0.4, -0.2) is 23.5 Å². The third-order valence-electron chi connectivity index (χ3n) is 5.60. The molecule has 1 aromatic carbocycles. The summed E-state index contributed by atoms with van der Waals surface area (Å²) in [6.07, 6.45) is 5.56. The molecular formula is C17H19NO3. The van der Waals surface area contributed by atoms with Gasteiger partial charge in [0.25, 0.3) is 0 Å². The van der Waals surface area contributed by atoms with Gasteiger partial charge in [0.15, 0.2) is 0 Å². The van der Waals surface area contributed by atoms with Crippen molar-refractivity contribution in [1.82, 2.24) is 0 Å². The molecule has 0 radical (unpaired) electrons. The molecule has 1 aromatic rings. The number of benzene rings is 1. The molecule has 4 heteroatoms. The van der Waals surface area contributed by atoms with E-state index in [2.05, 4.69) is 6.07 Å². The number of carboxylic acids is 1. The summed E-state index contributed by atoms with van der Waals surface area (Å²) >= 11 is 0. The third kappa shape index (κ3) is 1.62. The predicted octanol–water partition coefficient (Wildman–Crippen LogP) is 2.71. The topological polar surface area (TPSA) is 57.6 Å². The lowest BCUT2D eigenvalue weighted by molar-refractivity contribution is -0.148. The van der Waals surface area contributed by atoms with Gasteiger partial charge in [-0.2, -0.15) is 0 Å². The number of hydrogen-bond acceptors (Lipinski definition) is 2. The van der Waals surface area contributed by atoms with E-state index in [9.17, 15) is 14.7 Å². The number of nitrogens with zero attached hydrogens (tertiary/aromatic N) is 1. The van der Waals surface area contributed by atoms with Gasteiger partial charge < -0.3 is 10.0 Å². The largest absolute Gasteiger partial charge is 0.480 e. The number of para-hydroxylation sites is 1. The van der Waals surface area contributed by atoms with E-state index in [0.29, 0.717) is 19.4 Å². The SMILES string of the molecule is O=C(O)C1(C(=O)N2CC3(CCCC3)c3ccccc32)CC1. The van der Waals surface area contributed by atoms with E-state index in [4.69, 9.17) is 0 Å². The van der Waals surface area contributed by atoms with Gasteiger partial charge in [0.2, 0.25) is 5.91 Å². The van der Waals surface area contributed by atoms with Gasteiger partial charge in [-0.3, -0.25) is 9.59 Å². The first-order chi connectivity index (χ1) is 10.1. The van der Waals surface area contributed by atoms with Crippen LogP contribution >= 0.6 is 0 Å². The first-order valence-corrected chi connectivity index (χ1v) is 7.74. The molecule has 110 valence electrons. The maximum absolute atomic E-state index is 12.8. The molecule has 0 aromatic heterocycles. The summed E-state index contributed by atoms with van der Waals surface area (Å²) in [5.74, 6) is -1.16. The third-order valence-corrected chi connectivity index (χ3v) is 5.60. The Morgan fingerprint density at radius 2 is 1.71 bits per heavy atom. The zero-order valence-electron chi connectivity index (χ0n) is 12.0. The van der Waals surface area contributed by atoms with Crippen molar-refractivity contribution in [3.8, 4) is 0 Å². The quantitative estimate of drug-likeness (QED) is 0.850. The van der Waals surface area contributed by atoms with E-state index in [1.165, 1.54) is 18.4 Å². The predicted molar refractivity (Wildman–Crippen MR) is 78.2 cm³/mol. The Morgan fingerprint density at radius 3 is 2.33 bits per heavy atom. The molecule has 4 rings (SSSR count). The van der Waals surface area contributed by atoms with E-state index in [1.807, 2.05) is 18.2 Å². The number of amides is 1. The first kappa shape index (κ1) is 12.9. The molecular weight excluding hydrogens is 266 g/mol. The first-order valence-electron chi connectivity index (χ1n) is 7.74. The molecule has 1 spiro atoms. The normalized spacial score (nSPS) is 24.1. The van der Waals surface area contributed by atoms with Gasteiger partial charge >= 0.3 is 5.97 Å². The molecule has 1 amide bonds. The molecule has 0 bridgehead atoms. The Balaban J connectivity index is 1.75. The van der Waals surface area contributed by atoms with E-state index < -0.39 is 11.4 Å². The van der Waals surface area contributed by atoms with Crippen molar-refractivity contribution in [3.63, 3.8) is 0 Å². The van der Waals surface area contributed by atoms with Crippen LogP contribution in [0.3, 0.4) is 0 Å². The number of carboxylic acid groups (broad SMARTS) is 1. The highest BCUT2D eigenvalue weighted by atomic mass is 16.4. The van der Waals surface area contributed by atoms with Crippen molar-refractivity contribution >= 4 is 17.6 Å². The molecule has 0 saturated heterocycles. The van der Waals surface area contributed by atoms with Crippen molar-refractivity contribution in [2.75, 3.05) is 11.4 Å². The van der Waals surface area contributed by atoms with E-state index in [-0.39, 0.29) is 11.3 Å². The summed E-state index contributed by atoms with van der Waals surface area (Å²) < 4.78 is 0. The van der Waals surface area contributed by atoms with Crippen LogP contribution < -0.4 is 4.90 Å². The van der Waals surface area contributed by atoms with Gasteiger partial charge in [-0.1, -0.05) is 31.0 Å². The van der Waals surface area contributed by atoms with Crippen LogP contribution in [0.4, 0.5) is 5.69 Å². The Morgan fingerprint density at radius 1 is 1.05 bits per heavy atom. The van der Waals surface area contributed by atoms with Crippen LogP contribution in [0.2, 0.25) is 0 Å². The monoisotopic (exact) mass is 285 g/mol. The van der Waals surface area contributed by atoms with E-state index in [1.54, 1.807) is 4.90 Å². The van der Waals surface area contributed by atoms with E-state index >= 15 is 0 Å². The van der Waals surface area contributed by atoms with Crippen molar-refractivity contribution < 1.29 is 14.7 Å². The maximum Gasteiger partial charge on any atom is 0.319 e. The second kappa shape index (κ2) is 4.09. The highest BCUT2D eigenvalue weighted by molar-refractivity contribution is 6.13. The summed E-state index contributed by atoms with van der Waals surface area (Å²) in [4.78, 5) is 26.0. The second-order valence-corrected chi connectivity index (χ2v) is 6.78. The molecule has 21 heavy (non-hydrogen) atoms. The summed E-state index contributed by atoms with van der Waals surface area (Å²) in [5.41, 5.74) is 1.12. The average molecular weight is 285 g/mol.